The van der Waals surface area contributed by atoms with Crippen molar-refractivity contribution in [2.75, 3.05) is 0 Å². The van der Waals surface area contributed by atoms with Gasteiger partial charge in [0, 0.05) is 5.56 Å². The first kappa shape index (κ1) is 27.6. The van der Waals surface area contributed by atoms with Gasteiger partial charge in [-0.1, -0.05) is 88.3 Å². The van der Waals surface area contributed by atoms with Gasteiger partial charge in [-0.2, -0.15) is 8.42 Å². The van der Waals surface area contributed by atoms with Crippen molar-refractivity contribution in [2.45, 2.75) is 76.0 Å². The molecule has 2 aromatic carbocycles. The molecule has 1 N–H and O–H groups in total. The maximum Gasteiger partial charge on any atom is 1.00 e. The van der Waals surface area contributed by atoms with Crippen LogP contribution in [0, 0.1) is 0 Å². The predicted octanol–water partition coefficient (Wildman–Crippen LogP) is 2.88. The van der Waals surface area contributed by atoms with Gasteiger partial charge in [-0.25, -0.2) is 0 Å². The Morgan fingerprint density at radius 3 is 2.00 bits per heavy atom. The van der Waals surface area contributed by atoms with E-state index < -0.39 is 20.8 Å². The Morgan fingerprint density at radius 2 is 1.43 bits per heavy atom. The summed E-state index contributed by atoms with van der Waals surface area (Å²) in [5.74, 6) is 0.127. The first-order valence-corrected chi connectivity index (χ1v) is 11.9. The smallest absolute Gasteiger partial charge is 0.872 e. The largest absolute Gasteiger partial charge is 1.00 e. The molecule has 2 rings (SSSR count). The van der Waals surface area contributed by atoms with Gasteiger partial charge in [0.1, 0.15) is 11.5 Å². The Hall–Kier alpha value is -0.414. The average Bonchev–Trinajstić information content (AvgIpc) is 2.68. The monoisotopic (exact) mass is 458 g/mol. The van der Waals surface area contributed by atoms with E-state index in [1.54, 1.807) is 24.3 Å². The van der Waals surface area contributed by atoms with Gasteiger partial charge in [0.15, 0.2) is 0 Å². The topological polar surface area (TPSA) is 86.7 Å². The molecule has 0 aliphatic heterocycles. The molecule has 0 atom stereocenters. The maximum atomic E-state index is 12.2. The quantitative estimate of drug-likeness (QED) is 0.283. The Balaban J connectivity index is 0.00000450. The summed E-state index contributed by atoms with van der Waals surface area (Å²) in [6, 6.07) is 11.6. The zero-order valence-electron chi connectivity index (χ0n) is 18.1. The van der Waals surface area contributed by atoms with E-state index in [1.807, 2.05) is 6.07 Å². The van der Waals surface area contributed by atoms with Crippen molar-refractivity contribution < 1.29 is 74.2 Å². The number of unbranched alkanes of at least 4 members (excludes halogenated alkanes) is 8. The second-order valence-corrected chi connectivity index (χ2v) is 8.70. The van der Waals surface area contributed by atoms with Gasteiger partial charge in [0.05, 0.1) is 4.90 Å². The van der Waals surface area contributed by atoms with E-state index in [-0.39, 0.29) is 56.9 Å². The van der Waals surface area contributed by atoms with Crippen LogP contribution >= 0.6 is 0 Å². The summed E-state index contributed by atoms with van der Waals surface area (Å²) in [7, 11) is -4.63. The molecular weight excluding hydrogens is 427 g/mol. The Morgan fingerprint density at radius 1 is 0.867 bits per heavy atom. The summed E-state index contributed by atoms with van der Waals surface area (Å²) in [6.07, 6.45) is 10.5. The van der Waals surface area contributed by atoms with E-state index in [1.165, 1.54) is 38.2 Å². The van der Waals surface area contributed by atoms with Crippen molar-refractivity contribution in [3.8, 4) is 17.2 Å². The van der Waals surface area contributed by atoms with Gasteiger partial charge in [0.25, 0.3) is 10.1 Å². The van der Waals surface area contributed by atoms with E-state index in [0.717, 1.165) is 31.7 Å². The van der Waals surface area contributed by atoms with Gasteiger partial charge >= 0.3 is 51.4 Å². The molecule has 0 bridgehead atoms. The number of hydrogen-bond acceptors (Lipinski definition) is 4. The molecule has 0 spiro atoms. The van der Waals surface area contributed by atoms with Crippen LogP contribution in [0.25, 0.3) is 0 Å². The normalized spacial score (nSPS) is 11.1. The van der Waals surface area contributed by atoms with Gasteiger partial charge in [-0.15, -0.1) is 0 Å². The predicted molar refractivity (Wildman–Crippen MR) is 113 cm³/mol. The van der Waals surface area contributed by atoms with Crippen molar-refractivity contribution in [2.24, 2.45) is 0 Å². The minimum absolute atomic E-state index is 0. The molecule has 0 amide bonds. The average molecular weight is 459 g/mol. The van der Waals surface area contributed by atoms with E-state index in [2.05, 4.69) is 6.92 Å². The number of para-hydroxylation sites is 1. The summed E-state index contributed by atoms with van der Waals surface area (Å²) in [5, 5.41) is 12.2. The first-order chi connectivity index (χ1) is 13.9. The molecule has 0 unspecified atom stereocenters. The Labute approximate surface area is 223 Å². The van der Waals surface area contributed by atoms with Gasteiger partial charge < -0.3 is 9.84 Å². The second kappa shape index (κ2) is 14.6. The molecule has 5 nitrogen and oxygen atoms in total. The van der Waals surface area contributed by atoms with Crippen LogP contribution in [0.4, 0.5) is 0 Å². The molecule has 0 saturated heterocycles. The molecule has 7 heteroatoms. The van der Waals surface area contributed by atoms with E-state index in [0.29, 0.717) is 17.9 Å². The third kappa shape index (κ3) is 9.38. The third-order valence-electron chi connectivity index (χ3n) is 4.94. The number of rotatable bonds is 13. The summed E-state index contributed by atoms with van der Waals surface area (Å²) in [6.45, 7) is 2.20. The Bertz CT molecular complexity index is 853. The van der Waals surface area contributed by atoms with E-state index >= 15 is 0 Å². The zero-order valence-corrected chi connectivity index (χ0v) is 22.0. The fraction of sp³-hybridized carbons (Fsp3) is 0.478. The molecule has 0 aliphatic rings. The zero-order chi connectivity index (χ0) is 21.1. The van der Waals surface area contributed by atoms with Gasteiger partial charge in [-0.05, 0) is 31.0 Å². The molecule has 0 fully saturated rings. The standard InChI is InChI=1S/C23H32O5S.K/c1-2-3-4-5-6-7-8-9-13-16-20-22(28-19-14-11-10-12-15-19)18-17-21(24)23(20)29(25,26)27;/h10-12,14-15,17-18,24H,2-9,13,16H2,1H3,(H,25,26,27);/q;+1/p-1. The summed E-state index contributed by atoms with van der Waals surface area (Å²) >= 11 is 0. The van der Waals surface area contributed by atoms with Crippen LogP contribution in [0.1, 0.15) is 70.3 Å². The molecule has 0 radical (unpaired) electrons. The number of benzene rings is 2. The second-order valence-electron chi connectivity index (χ2n) is 7.34. The van der Waals surface area contributed by atoms with Crippen LogP contribution in [-0.2, 0) is 16.5 Å². The van der Waals surface area contributed by atoms with Crippen molar-refractivity contribution in [1.29, 1.82) is 0 Å². The summed E-state index contributed by atoms with van der Waals surface area (Å²) in [4.78, 5) is -0.564. The van der Waals surface area contributed by atoms with Crippen LogP contribution in [0.2, 0.25) is 0 Å². The maximum absolute atomic E-state index is 12.2. The molecule has 2 aromatic rings. The van der Waals surface area contributed by atoms with Crippen molar-refractivity contribution in [3.05, 3.63) is 48.0 Å². The SMILES string of the molecule is CCCCCCCCCCCc1c(Oc2ccccc2)ccc([O-])c1S(=O)(=O)O.[K+]. The molecule has 160 valence electrons. The molecular formula is C23H31KO5S. The van der Waals surface area contributed by atoms with Crippen LogP contribution in [0.3, 0.4) is 0 Å². The Kier molecular flexibility index (Phi) is 13.5. The fourth-order valence-electron chi connectivity index (χ4n) is 3.43. The van der Waals surface area contributed by atoms with Gasteiger partial charge in [0.2, 0.25) is 0 Å². The van der Waals surface area contributed by atoms with Crippen LogP contribution in [-0.4, -0.2) is 13.0 Å². The molecule has 30 heavy (non-hydrogen) atoms. The van der Waals surface area contributed by atoms with Crippen LogP contribution in [0.15, 0.2) is 47.4 Å². The number of hydrogen-bond donors (Lipinski definition) is 1. The first-order valence-electron chi connectivity index (χ1n) is 10.5. The molecule has 0 saturated carbocycles. The van der Waals surface area contributed by atoms with E-state index in [4.69, 9.17) is 4.74 Å². The van der Waals surface area contributed by atoms with Crippen LogP contribution < -0.4 is 61.2 Å². The van der Waals surface area contributed by atoms with Crippen molar-refractivity contribution in [1.82, 2.24) is 0 Å². The minimum atomic E-state index is -4.63. The molecule has 0 aliphatic carbocycles. The van der Waals surface area contributed by atoms with Crippen LogP contribution in [0.5, 0.6) is 17.2 Å². The fourth-order valence-corrected chi connectivity index (χ4v) is 4.27. The van der Waals surface area contributed by atoms with Crippen molar-refractivity contribution in [3.63, 3.8) is 0 Å². The third-order valence-corrected chi connectivity index (χ3v) is 5.90. The number of ether oxygens (including phenoxy) is 1. The van der Waals surface area contributed by atoms with Crippen molar-refractivity contribution >= 4 is 10.1 Å². The summed E-state index contributed by atoms with van der Waals surface area (Å²) in [5.41, 5.74) is 0.256. The summed E-state index contributed by atoms with van der Waals surface area (Å²) < 4.78 is 39.1. The molecule has 0 heterocycles. The van der Waals surface area contributed by atoms with Gasteiger partial charge in [-0.3, -0.25) is 4.55 Å². The minimum Gasteiger partial charge on any atom is -0.872 e. The molecule has 0 aromatic heterocycles. The van der Waals surface area contributed by atoms with E-state index in [9.17, 15) is 18.1 Å².